The molecule has 0 radical (unpaired) electrons. The third kappa shape index (κ3) is 4.39. The van der Waals surface area contributed by atoms with Crippen molar-refractivity contribution in [1.82, 2.24) is 0 Å². The first-order valence-corrected chi connectivity index (χ1v) is 10.7. The second-order valence-corrected chi connectivity index (χ2v) is 8.31. The number of hydrogen-bond acceptors (Lipinski definition) is 4. The number of Topliss-reactive ketones (excluding diaryl/α,β-unsaturated/α-hetero) is 1. The molecule has 0 aliphatic carbocycles. The number of carbonyl (C=O) groups is 2. The molecule has 1 heterocycles. The van der Waals surface area contributed by atoms with Gasteiger partial charge in [0.2, 0.25) is 0 Å². The Kier molecular flexibility index (Phi) is 6.15. The maximum atomic E-state index is 13.2. The molecule has 8 heteroatoms. The molecule has 1 aliphatic rings. The lowest BCUT2D eigenvalue weighted by Gasteiger charge is -2.26. The summed E-state index contributed by atoms with van der Waals surface area (Å²) < 4.78 is 44.6. The van der Waals surface area contributed by atoms with E-state index < -0.39 is 29.5 Å². The van der Waals surface area contributed by atoms with Gasteiger partial charge in [0, 0.05) is 11.3 Å². The van der Waals surface area contributed by atoms with Crippen LogP contribution in [0.5, 0.6) is 5.75 Å². The molecule has 35 heavy (non-hydrogen) atoms. The average Bonchev–Trinajstić information content (AvgIpc) is 3.10. The third-order valence-electron chi connectivity index (χ3n) is 5.97. The van der Waals surface area contributed by atoms with Crippen LogP contribution in [0.2, 0.25) is 0 Å². The van der Waals surface area contributed by atoms with Gasteiger partial charge in [-0.15, -0.1) is 0 Å². The number of hydrogen-bond donors (Lipinski definition) is 1. The van der Waals surface area contributed by atoms with Crippen LogP contribution in [0.4, 0.5) is 18.9 Å². The maximum Gasteiger partial charge on any atom is 0.416 e. The second kappa shape index (κ2) is 8.94. The Balaban J connectivity index is 1.95. The SMILES string of the molecule is COc1cccc(C2/C(=C(\O)c3cc(C)ccc3C)C(=O)C(=O)N2c2ccc(C(F)(F)F)cc2)c1. The van der Waals surface area contributed by atoms with E-state index in [1.807, 2.05) is 13.0 Å². The molecule has 0 aromatic heterocycles. The zero-order valence-corrected chi connectivity index (χ0v) is 19.2. The van der Waals surface area contributed by atoms with Crippen molar-refractivity contribution in [2.75, 3.05) is 12.0 Å². The predicted octanol–water partition coefficient (Wildman–Crippen LogP) is 5.96. The fourth-order valence-corrected chi connectivity index (χ4v) is 4.17. The molecule has 1 N–H and O–H groups in total. The van der Waals surface area contributed by atoms with E-state index in [0.29, 0.717) is 22.4 Å². The molecule has 1 atom stereocenters. The highest BCUT2D eigenvalue weighted by molar-refractivity contribution is 6.51. The molecule has 3 aromatic carbocycles. The number of carbonyl (C=O) groups excluding carboxylic acids is 2. The van der Waals surface area contributed by atoms with Crippen molar-refractivity contribution in [2.24, 2.45) is 0 Å². The van der Waals surface area contributed by atoms with Crippen LogP contribution in [0, 0.1) is 13.8 Å². The molecule has 1 aliphatic heterocycles. The largest absolute Gasteiger partial charge is 0.507 e. The second-order valence-electron chi connectivity index (χ2n) is 8.31. The van der Waals surface area contributed by atoms with E-state index in [1.165, 1.54) is 7.11 Å². The van der Waals surface area contributed by atoms with Gasteiger partial charge in [-0.3, -0.25) is 14.5 Å². The van der Waals surface area contributed by atoms with Gasteiger partial charge >= 0.3 is 6.18 Å². The summed E-state index contributed by atoms with van der Waals surface area (Å²) >= 11 is 0. The molecule has 4 rings (SSSR count). The molecule has 1 saturated heterocycles. The molecule has 5 nitrogen and oxygen atoms in total. The number of nitrogens with zero attached hydrogens (tertiary/aromatic N) is 1. The summed E-state index contributed by atoms with van der Waals surface area (Å²) in [5, 5.41) is 11.3. The maximum absolute atomic E-state index is 13.2. The molecule has 0 saturated carbocycles. The van der Waals surface area contributed by atoms with Gasteiger partial charge in [0.15, 0.2) is 0 Å². The summed E-state index contributed by atoms with van der Waals surface area (Å²) in [5.74, 6) is -1.79. The summed E-state index contributed by atoms with van der Waals surface area (Å²) in [5.41, 5.74) is 1.43. The van der Waals surface area contributed by atoms with Crippen molar-refractivity contribution in [1.29, 1.82) is 0 Å². The first-order valence-electron chi connectivity index (χ1n) is 10.7. The number of ketones is 1. The zero-order valence-electron chi connectivity index (χ0n) is 19.2. The number of aryl methyl sites for hydroxylation is 2. The highest BCUT2D eigenvalue weighted by Gasteiger charge is 2.47. The van der Waals surface area contributed by atoms with Gasteiger partial charge in [0.25, 0.3) is 11.7 Å². The fraction of sp³-hybridized carbons (Fsp3) is 0.185. The van der Waals surface area contributed by atoms with Crippen molar-refractivity contribution in [3.05, 3.63) is 100 Å². The molecule has 1 amide bonds. The van der Waals surface area contributed by atoms with E-state index in [9.17, 15) is 27.9 Å². The Bertz CT molecular complexity index is 1340. The third-order valence-corrected chi connectivity index (χ3v) is 5.97. The van der Waals surface area contributed by atoms with Crippen LogP contribution < -0.4 is 9.64 Å². The Morgan fingerprint density at radius 2 is 1.66 bits per heavy atom. The van der Waals surface area contributed by atoms with Crippen molar-refractivity contribution in [3.63, 3.8) is 0 Å². The summed E-state index contributed by atoms with van der Waals surface area (Å²) in [6.45, 7) is 3.59. The lowest BCUT2D eigenvalue weighted by Crippen LogP contribution is -2.29. The molecule has 3 aromatic rings. The number of methoxy groups -OCH3 is 1. The van der Waals surface area contributed by atoms with E-state index in [1.54, 1.807) is 43.3 Å². The monoisotopic (exact) mass is 481 g/mol. The van der Waals surface area contributed by atoms with Gasteiger partial charge in [-0.2, -0.15) is 13.2 Å². The van der Waals surface area contributed by atoms with Crippen LogP contribution in [-0.2, 0) is 15.8 Å². The molecule has 0 spiro atoms. The molecular weight excluding hydrogens is 459 g/mol. The first kappa shape index (κ1) is 24.1. The van der Waals surface area contributed by atoms with E-state index in [0.717, 1.165) is 34.7 Å². The Hall–Kier alpha value is -4.07. The van der Waals surface area contributed by atoms with Crippen LogP contribution in [0.25, 0.3) is 5.76 Å². The number of benzene rings is 3. The molecular formula is C27H22F3NO4. The number of rotatable bonds is 4. The van der Waals surface area contributed by atoms with Gasteiger partial charge in [-0.05, 0) is 67.4 Å². The molecule has 180 valence electrons. The number of halogens is 3. The minimum absolute atomic E-state index is 0.0907. The topological polar surface area (TPSA) is 66.8 Å². The van der Waals surface area contributed by atoms with Crippen LogP contribution in [0.3, 0.4) is 0 Å². The summed E-state index contributed by atoms with van der Waals surface area (Å²) in [4.78, 5) is 27.6. The van der Waals surface area contributed by atoms with Crippen molar-refractivity contribution < 1.29 is 32.6 Å². The number of ether oxygens (including phenoxy) is 1. The van der Waals surface area contributed by atoms with Crippen LogP contribution >= 0.6 is 0 Å². The van der Waals surface area contributed by atoms with Crippen molar-refractivity contribution in [3.8, 4) is 5.75 Å². The van der Waals surface area contributed by atoms with Gasteiger partial charge in [-0.25, -0.2) is 0 Å². The number of alkyl halides is 3. The van der Waals surface area contributed by atoms with E-state index in [-0.39, 0.29) is 17.0 Å². The summed E-state index contributed by atoms with van der Waals surface area (Å²) in [7, 11) is 1.46. The average molecular weight is 481 g/mol. The Morgan fingerprint density at radius 1 is 0.971 bits per heavy atom. The van der Waals surface area contributed by atoms with Crippen LogP contribution in [0.1, 0.15) is 33.9 Å². The number of amides is 1. The van der Waals surface area contributed by atoms with Gasteiger partial charge < -0.3 is 9.84 Å². The van der Waals surface area contributed by atoms with Gasteiger partial charge in [0.1, 0.15) is 11.5 Å². The Labute approximate surface area is 200 Å². The van der Waals surface area contributed by atoms with Crippen LogP contribution in [0.15, 0.2) is 72.3 Å². The highest BCUT2D eigenvalue weighted by Crippen LogP contribution is 2.43. The summed E-state index contributed by atoms with van der Waals surface area (Å²) in [6.07, 6.45) is -4.55. The fourth-order valence-electron chi connectivity index (χ4n) is 4.17. The normalized spacial score (nSPS) is 17.7. The van der Waals surface area contributed by atoms with Crippen LogP contribution in [-0.4, -0.2) is 23.9 Å². The van der Waals surface area contributed by atoms with Crippen molar-refractivity contribution in [2.45, 2.75) is 26.1 Å². The number of aliphatic hydroxyl groups excluding tert-OH is 1. The first-order chi connectivity index (χ1) is 16.5. The highest BCUT2D eigenvalue weighted by atomic mass is 19.4. The quantitative estimate of drug-likeness (QED) is 0.284. The molecule has 1 unspecified atom stereocenters. The minimum Gasteiger partial charge on any atom is -0.507 e. The standard InChI is InChI=1S/C27H22F3NO4/c1-15-7-8-16(2)21(13-15)24(32)22-23(17-5-4-6-20(14-17)35-3)31(26(34)25(22)33)19-11-9-18(10-12-19)27(28,29)30/h4-14,23,32H,1-3H3/b24-22+. The lowest BCUT2D eigenvalue weighted by molar-refractivity contribution is -0.137. The minimum atomic E-state index is -4.55. The lowest BCUT2D eigenvalue weighted by atomic mass is 9.93. The van der Waals surface area contributed by atoms with E-state index in [4.69, 9.17) is 4.74 Å². The van der Waals surface area contributed by atoms with Crippen molar-refractivity contribution >= 4 is 23.1 Å². The zero-order chi connectivity index (χ0) is 25.5. The number of aliphatic hydroxyl groups is 1. The van der Waals surface area contributed by atoms with Gasteiger partial charge in [-0.1, -0.05) is 29.8 Å². The van der Waals surface area contributed by atoms with Gasteiger partial charge in [0.05, 0.1) is 24.3 Å². The summed E-state index contributed by atoms with van der Waals surface area (Å²) in [6, 6.07) is 14.9. The Morgan fingerprint density at radius 3 is 2.29 bits per heavy atom. The smallest absolute Gasteiger partial charge is 0.416 e. The molecule has 0 bridgehead atoms. The predicted molar refractivity (Wildman–Crippen MR) is 125 cm³/mol. The van der Waals surface area contributed by atoms with E-state index in [2.05, 4.69) is 0 Å². The molecule has 1 fully saturated rings. The van der Waals surface area contributed by atoms with E-state index >= 15 is 0 Å². The number of anilines is 1.